The van der Waals surface area contributed by atoms with Crippen molar-refractivity contribution >= 4 is 17.7 Å². The Morgan fingerprint density at radius 2 is 2.05 bits per heavy atom. The number of hydrogen-bond donors (Lipinski definition) is 2. The van der Waals surface area contributed by atoms with E-state index < -0.39 is 5.54 Å². The molecule has 0 aliphatic heterocycles. The standard InChI is InChI=1S/C16H23NO2S/c1-12-7-9-16(11-18,10-8-12)17-15(19)13-5-3-4-6-14(13)20-2/h3-6,12,18H,7-11H2,1-2H3,(H,17,19). The van der Waals surface area contributed by atoms with E-state index in [4.69, 9.17) is 0 Å². The van der Waals surface area contributed by atoms with Crippen LogP contribution in [0.2, 0.25) is 0 Å². The normalized spacial score (nSPS) is 26.2. The maximum atomic E-state index is 12.5. The topological polar surface area (TPSA) is 49.3 Å². The van der Waals surface area contributed by atoms with E-state index in [9.17, 15) is 9.90 Å². The average Bonchev–Trinajstić information content (AvgIpc) is 2.49. The summed E-state index contributed by atoms with van der Waals surface area (Å²) >= 11 is 1.57. The molecule has 0 aromatic heterocycles. The minimum Gasteiger partial charge on any atom is -0.394 e. The van der Waals surface area contributed by atoms with E-state index in [-0.39, 0.29) is 12.5 Å². The van der Waals surface area contributed by atoms with Crippen LogP contribution in [-0.4, -0.2) is 29.4 Å². The summed E-state index contributed by atoms with van der Waals surface area (Å²) in [4.78, 5) is 13.5. The summed E-state index contributed by atoms with van der Waals surface area (Å²) in [6.45, 7) is 2.25. The predicted molar refractivity (Wildman–Crippen MR) is 83.1 cm³/mol. The molecule has 3 nitrogen and oxygen atoms in total. The Morgan fingerprint density at radius 1 is 1.40 bits per heavy atom. The van der Waals surface area contributed by atoms with Crippen molar-refractivity contribution in [2.24, 2.45) is 5.92 Å². The van der Waals surface area contributed by atoms with Gasteiger partial charge in [-0.2, -0.15) is 0 Å². The van der Waals surface area contributed by atoms with Crippen LogP contribution in [0.4, 0.5) is 0 Å². The Morgan fingerprint density at radius 3 is 2.65 bits per heavy atom. The van der Waals surface area contributed by atoms with Crippen molar-refractivity contribution in [2.45, 2.75) is 43.0 Å². The zero-order valence-electron chi connectivity index (χ0n) is 12.2. The van der Waals surface area contributed by atoms with Crippen molar-refractivity contribution in [3.63, 3.8) is 0 Å². The molecule has 0 spiro atoms. The number of nitrogens with one attached hydrogen (secondary N) is 1. The van der Waals surface area contributed by atoms with E-state index in [1.165, 1.54) is 0 Å². The second-order valence-corrected chi connectivity index (χ2v) is 6.62. The lowest BCUT2D eigenvalue weighted by Gasteiger charge is -2.38. The Bertz CT molecular complexity index is 467. The highest BCUT2D eigenvalue weighted by atomic mass is 32.2. The van der Waals surface area contributed by atoms with Gasteiger partial charge in [0, 0.05) is 4.90 Å². The zero-order chi connectivity index (χ0) is 14.6. The second-order valence-electron chi connectivity index (χ2n) is 5.78. The molecule has 110 valence electrons. The van der Waals surface area contributed by atoms with Crippen molar-refractivity contribution < 1.29 is 9.90 Å². The molecule has 1 aromatic rings. The Hall–Kier alpha value is -1.00. The minimum absolute atomic E-state index is 0.0207. The molecule has 1 aromatic carbocycles. The predicted octanol–water partition coefficient (Wildman–Crippen LogP) is 3.08. The fourth-order valence-corrected chi connectivity index (χ4v) is 3.37. The highest BCUT2D eigenvalue weighted by molar-refractivity contribution is 7.98. The van der Waals surface area contributed by atoms with Gasteiger partial charge in [0.2, 0.25) is 0 Å². The fraction of sp³-hybridized carbons (Fsp3) is 0.562. The van der Waals surface area contributed by atoms with Gasteiger partial charge in [-0.25, -0.2) is 0 Å². The summed E-state index contributed by atoms with van der Waals surface area (Å²) in [5.41, 5.74) is 0.265. The zero-order valence-corrected chi connectivity index (χ0v) is 13.0. The fourth-order valence-electron chi connectivity index (χ4n) is 2.78. The molecular formula is C16H23NO2S. The van der Waals surface area contributed by atoms with Gasteiger partial charge < -0.3 is 10.4 Å². The smallest absolute Gasteiger partial charge is 0.252 e. The molecule has 0 atom stereocenters. The van der Waals surface area contributed by atoms with Gasteiger partial charge in [0.15, 0.2) is 0 Å². The molecule has 4 heteroatoms. The minimum atomic E-state index is -0.435. The summed E-state index contributed by atoms with van der Waals surface area (Å²) in [6.07, 6.45) is 5.81. The first-order valence-electron chi connectivity index (χ1n) is 7.16. The Balaban J connectivity index is 2.13. The van der Waals surface area contributed by atoms with Crippen LogP contribution in [0, 0.1) is 5.92 Å². The molecule has 1 fully saturated rings. The Kier molecular flexibility index (Phi) is 5.11. The van der Waals surface area contributed by atoms with Crippen LogP contribution in [-0.2, 0) is 0 Å². The summed E-state index contributed by atoms with van der Waals surface area (Å²) in [5.74, 6) is 0.614. The lowest BCUT2D eigenvalue weighted by atomic mass is 9.77. The van der Waals surface area contributed by atoms with Gasteiger partial charge in [0.1, 0.15) is 0 Å². The van der Waals surface area contributed by atoms with Gasteiger partial charge in [-0.1, -0.05) is 19.1 Å². The largest absolute Gasteiger partial charge is 0.394 e. The number of amides is 1. The number of hydrogen-bond acceptors (Lipinski definition) is 3. The second kappa shape index (κ2) is 6.64. The number of carbonyl (C=O) groups is 1. The monoisotopic (exact) mass is 293 g/mol. The van der Waals surface area contributed by atoms with Crippen molar-refractivity contribution in [1.82, 2.24) is 5.32 Å². The van der Waals surface area contributed by atoms with Gasteiger partial charge >= 0.3 is 0 Å². The molecule has 0 radical (unpaired) electrons. The van der Waals surface area contributed by atoms with Crippen LogP contribution in [0.1, 0.15) is 43.0 Å². The molecule has 0 unspecified atom stereocenters. The maximum Gasteiger partial charge on any atom is 0.252 e. The van der Waals surface area contributed by atoms with Crippen molar-refractivity contribution in [3.8, 4) is 0 Å². The Labute approximate surface area is 125 Å². The first-order chi connectivity index (χ1) is 9.60. The van der Waals surface area contributed by atoms with Gasteiger partial charge in [-0.15, -0.1) is 11.8 Å². The molecule has 0 bridgehead atoms. The lowest BCUT2D eigenvalue weighted by molar-refractivity contribution is 0.0714. The third kappa shape index (κ3) is 3.36. The molecule has 1 amide bonds. The van der Waals surface area contributed by atoms with Gasteiger partial charge in [0.05, 0.1) is 17.7 Å². The molecular weight excluding hydrogens is 270 g/mol. The van der Waals surface area contributed by atoms with Crippen LogP contribution in [0.15, 0.2) is 29.2 Å². The highest BCUT2D eigenvalue weighted by Crippen LogP contribution is 2.32. The maximum absolute atomic E-state index is 12.5. The number of benzene rings is 1. The summed E-state index contributed by atoms with van der Waals surface area (Å²) in [7, 11) is 0. The van der Waals surface area contributed by atoms with Crippen molar-refractivity contribution in [1.29, 1.82) is 0 Å². The number of thioether (sulfide) groups is 1. The van der Waals surface area contributed by atoms with Crippen molar-refractivity contribution in [3.05, 3.63) is 29.8 Å². The van der Waals surface area contributed by atoms with Crippen LogP contribution in [0.25, 0.3) is 0 Å². The van der Waals surface area contributed by atoms with E-state index in [0.29, 0.717) is 11.5 Å². The third-order valence-electron chi connectivity index (χ3n) is 4.26. The molecule has 1 aliphatic rings. The molecule has 2 N–H and O–H groups in total. The molecule has 0 heterocycles. The number of carbonyl (C=O) groups excluding carboxylic acids is 1. The molecule has 0 saturated heterocycles. The first kappa shape index (κ1) is 15.4. The van der Waals surface area contributed by atoms with Crippen LogP contribution in [0.3, 0.4) is 0 Å². The number of rotatable bonds is 4. The molecule has 1 saturated carbocycles. The average molecular weight is 293 g/mol. The third-order valence-corrected chi connectivity index (χ3v) is 5.06. The van der Waals surface area contributed by atoms with E-state index in [2.05, 4.69) is 12.2 Å². The lowest BCUT2D eigenvalue weighted by Crippen LogP contribution is -2.53. The van der Waals surface area contributed by atoms with Crippen LogP contribution >= 0.6 is 11.8 Å². The van der Waals surface area contributed by atoms with Gasteiger partial charge in [0.25, 0.3) is 5.91 Å². The van der Waals surface area contributed by atoms with Gasteiger partial charge in [-0.3, -0.25) is 4.79 Å². The summed E-state index contributed by atoms with van der Waals surface area (Å²) < 4.78 is 0. The molecule has 2 rings (SSSR count). The number of aliphatic hydroxyl groups excluding tert-OH is 1. The van der Waals surface area contributed by atoms with E-state index >= 15 is 0 Å². The van der Waals surface area contributed by atoms with Crippen molar-refractivity contribution in [2.75, 3.05) is 12.9 Å². The van der Waals surface area contributed by atoms with Crippen LogP contribution in [0.5, 0.6) is 0 Å². The number of aliphatic hydroxyl groups is 1. The molecule has 20 heavy (non-hydrogen) atoms. The SMILES string of the molecule is CSc1ccccc1C(=O)NC1(CO)CCC(C)CC1. The van der Waals surface area contributed by atoms with Gasteiger partial charge in [-0.05, 0) is 50.0 Å². The summed E-state index contributed by atoms with van der Waals surface area (Å²) in [6, 6.07) is 7.61. The van der Waals surface area contributed by atoms with E-state index in [0.717, 1.165) is 30.6 Å². The quantitative estimate of drug-likeness (QED) is 0.839. The highest BCUT2D eigenvalue weighted by Gasteiger charge is 2.35. The summed E-state index contributed by atoms with van der Waals surface area (Å²) in [5, 5.41) is 12.8. The van der Waals surface area contributed by atoms with Crippen LogP contribution < -0.4 is 5.32 Å². The van der Waals surface area contributed by atoms with E-state index in [1.54, 1.807) is 11.8 Å². The molecule has 1 aliphatic carbocycles. The first-order valence-corrected chi connectivity index (χ1v) is 8.39. The van der Waals surface area contributed by atoms with E-state index in [1.807, 2.05) is 30.5 Å².